The van der Waals surface area contributed by atoms with Crippen LogP contribution in [0.15, 0.2) is 0 Å². The lowest BCUT2D eigenvalue weighted by Gasteiger charge is -2.20. The number of hydrogen-bond acceptors (Lipinski definition) is 4. The molecule has 0 fully saturated rings. The summed E-state index contributed by atoms with van der Waals surface area (Å²) >= 11 is 0. The number of carbonyl (C=O) groups is 1. The van der Waals surface area contributed by atoms with Crippen LogP contribution < -0.4 is 11.1 Å². The summed E-state index contributed by atoms with van der Waals surface area (Å²) in [6.07, 6.45) is 0. The van der Waals surface area contributed by atoms with Gasteiger partial charge in [0.2, 0.25) is 5.91 Å². The zero-order valence-corrected chi connectivity index (χ0v) is 10.2. The number of carbonyl (C=O) groups excluding carboxylic acids is 1. The minimum Gasteiger partial charge on any atom is -0.383 e. The second-order valence-corrected chi connectivity index (χ2v) is 4.27. The number of nitrogens with one attached hydrogen (secondary N) is 1. The minimum absolute atomic E-state index is 0.123. The molecule has 5 nitrogen and oxygen atoms in total. The molecule has 0 aromatic heterocycles. The quantitative estimate of drug-likeness (QED) is 0.598. The Balaban J connectivity index is 3.57. The van der Waals surface area contributed by atoms with E-state index in [9.17, 15) is 4.79 Å². The van der Waals surface area contributed by atoms with Gasteiger partial charge >= 0.3 is 0 Å². The third kappa shape index (κ3) is 7.30. The molecule has 0 aliphatic rings. The van der Waals surface area contributed by atoms with Gasteiger partial charge in [-0.1, -0.05) is 0 Å². The lowest BCUT2D eigenvalue weighted by molar-refractivity contribution is -0.125. The molecule has 0 saturated carbocycles. The normalized spacial score (nSPS) is 11.9. The molecule has 0 aliphatic carbocycles. The van der Waals surface area contributed by atoms with Crippen LogP contribution in [0.25, 0.3) is 0 Å². The van der Waals surface area contributed by atoms with Gasteiger partial charge in [-0.15, -0.1) is 0 Å². The molecule has 0 saturated heterocycles. The molecule has 90 valence electrons. The van der Waals surface area contributed by atoms with Crippen LogP contribution in [0.2, 0.25) is 0 Å². The molecule has 0 heterocycles. The molecule has 15 heavy (non-hydrogen) atoms. The van der Waals surface area contributed by atoms with E-state index in [-0.39, 0.29) is 5.91 Å². The second-order valence-electron chi connectivity index (χ2n) is 4.27. The van der Waals surface area contributed by atoms with Crippen LogP contribution in [0, 0.1) is 0 Å². The number of amides is 1. The van der Waals surface area contributed by atoms with Crippen LogP contribution in [0.4, 0.5) is 0 Å². The van der Waals surface area contributed by atoms with Gasteiger partial charge < -0.3 is 20.7 Å². The molecule has 0 atom stereocenters. The highest BCUT2D eigenvalue weighted by atomic mass is 16.5. The van der Waals surface area contributed by atoms with Crippen molar-refractivity contribution in [1.82, 2.24) is 10.2 Å². The molecule has 3 N–H and O–H groups in total. The topological polar surface area (TPSA) is 67.6 Å². The summed E-state index contributed by atoms with van der Waals surface area (Å²) in [5.41, 5.74) is 4.83. The van der Waals surface area contributed by atoms with Crippen LogP contribution in [0.1, 0.15) is 13.8 Å². The fourth-order valence-corrected chi connectivity index (χ4v) is 0.947. The fourth-order valence-electron chi connectivity index (χ4n) is 0.947. The molecule has 5 heteroatoms. The summed E-state index contributed by atoms with van der Waals surface area (Å²) in [5, 5.41) is 2.78. The average molecular weight is 217 g/mol. The number of ether oxygens (including phenoxy) is 1. The molecule has 0 aromatic carbocycles. The Morgan fingerprint density at radius 1 is 1.47 bits per heavy atom. The summed E-state index contributed by atoms with van der Waals surface area (Å²) in [6.45, 7) is 6.35. The lowest BCUT2D eigenvalue weighted by atomic mass is 10.1. The monoisotopic (exact) mass is 217 g/mol. The van der Waals surface area contributed by atoms with Crippen molar-refractivity contribution in [2.45, 2.75) is 19.4 Å². The molecule has 0 radical (unpaired) electrons. The molecule has 0 bridgehead atoms. The SMILES string of the molecule is COCCN(C)CCNC(=O)C(C)(C)N. The zero-order valence-electron chi connectivity index (χ0n) is 10.2. The smallest absolute Gasteiger partial charge is 0.239 e. The van der Waals surface area contributed by atoms with E-state index in [1.165, 1.54) is 0 Å². The molecule has 0 aliphatic heterocycles. The lowest BCUT2D eigenvalue weighted by Crippen LogP contribution is -2.50. The first-order valence-electron chi connectivity index (χ1n) is 5.12. The van der Waals surface area contributed by atoms with Gasteiger partial charge in [0.25, 0.3) is 0 Å². The van der Waals surface area contributed by atoms with Crippen molar-refractivity contribution in [3.63, 3.8) is 0 Å². The van der Waals surface area contributed by atoms with Gasteiger partial charge in [-0.25, -0.2) is 0 Å². The van der Waals surface area contributed by atoms with Gasteiger partial charge in [0.1, 0.15) is 0 Å². The summed E-state index contributed by atoms with van der Waals surface area (Å²) in [5.74, 6) is -0.123. The predicted octanol–water partition coefficient (Wildman–Crippen LogP) is -0.582. The standard InChI is InChI=1S/C10H23N3O2/c1-10(2,11)9(14)12-5-6-13(3)7-8-15-4/h5-8,11H2,1-4H3,(H,12,14). The van der Waals surface area contributed by atoms with E-state index in [1.807, 2.05) is 7.05 Å². The van der Waals surface area contributed by atoms with Gasteiger partial charge in [-0.3, -0.25) is 4.79 Å². The van der Waals surface area contributed by atoms with E-state index in [0.717, 1.165) is 13.1 Å². The van der Waals surface area contributed by atoms with Crippen molar-refractivity contribution < 1.29 is 9.53 Å². The van der Waals surface area contributed by atoms with Crippen LogP contribution in [-0.4, -0.2) is 56.7 Å². The van der Waals surface area contributed by atoms with Crippen LogP contribution in [-0.2, 0) is 9.53 Å². The number of likely N-dealkylation sites (N-methyl/N-ethyl adjacent to an activating group) is 1. The minimum atomic E-state index is -0.800. The molecule has 0 rings (SSSR count). The molecular weight excluding hydrogens is 194 g/mol. The summed E-state index contributed by atoms with van der Waals surface area (Å²) < 4.78 is 4.95. The Labute approximate surface area is 91.9 Å². The Kier molecular flexibility index (Phi) is 6.47. The average Bonchev–Trinajstić information content (AvgIpc) is 2.13. The van der Waals surface area contributed by atoms with Gasteiger partial charge in [0, 0.05) is 26.7 Å². The molecule has 0 unspecified atom stereocenters. The molecule has 1 amide bonds. The van der Waals surface area contributed by atoms with E-state index < -0.39 is 5.54 Å². The van der Waals surface area contributed by atoms with Gasteiger partial charge in [0.15, 0.2) is 0 Å². The Bertz CT molecular complexity index is 190. The predicted molar refractivity (Wildman–Crippen MR) is 60.6 cm³/mol. The van der Waals surface area contributed by atoms with Crippen molar-refractivity contribution in [3.05, 3.63) is 0 Å². The van der Waals surface area contributed by atoms with E-state index in [0.29, 0.717) is 13.2 Å². The van der Waals surface area contributed by atoms with Crippen LogP contribution in [0.3, 0.4) is 0 Å². The highest BCUT2D eigenvalue weighted by Gasteiger charge is 2.20. The summed E-state index contributed by atoms with van der Waals surface area (Å²) in [7, 11) is 3.66. The van der Waals surface area contributed by atoms with E-state index in [2.05, 4.69) is 10.2 Å². The maximum Gasteiger partial charge on any atom is 0.239 e. The molecule has 0 spiro atoms. The van der Waals surface area contributed by atoms with Gasteiger partial charge in [-0.2, -0.15) is 0 Å². The van der Waals surface area contributed by atoms with E-state index in [1.54, 1.807) is 21.0 Å². The van der Waals surface area contributed by atoms with Crippen molar-refractivity contribution in [2.24, 2.45) is 5.73 Å². The Morgan fingerprint density at radius 2 is 2.07 bits per heavy atom. The number of nitrogens with zero attached hydrogens (tertiary/aromatic N) is 1. The number of hydrogen-bond donors (Lipinski definition) is 2. The first kappa shape index (κ1) is 14.3. The summed E-state index contributed by atoms with van der Waals surface area (Å²) in [4.78, 5) is 13.5. The third-order valence-electron chi connectivity index (χ3n) is 2.04. The second kappa shape index (κ2) is 6.76. The Morgan fingerprint density at radius 3 is 2.53 bits per heavy atom. The first-order valence-corrected chi connectivity index (χ1v) is 5.12. The fraction of sp³-hybridized carbons (Fsp3) is 0.900. The maximum absolute atomic E-state index is 11.4. The summed E-state index contributed by atoms with van der Waals surface area (Å²) in [6, 6.07) is 0. The van der Waals surface area contributed by atoms with Gasteiger partial charge in [0.05, 0.1) is 12.1 Å². The van der Waals surface area contributed by atoms with Crippen molar-refractivity contribution in [1.29, 1.82) is 0 Å². The van der Waals surface area contributed by atoms with E-state index >= 15 is 0 Å². The van der Waals surface area contributed by atoms with Crippen molar-refractivity contribution >= 4 is 5.91 Å². The number of methoxy groups -OCH3 is 1. The van der Waals surface area contributed by atoms with Crippen LogP contribution >= 0.6 is 0 Å². The Hall–Kier alpha value is -0.650. The highest BCUT2D eigenvalue weighted by molar-refractivity contribution is 5.84. The first-order chi connectivity index (χ1) is 6.88. The molecule has 0 aromatic rings. The molecular formula is C10H23N3O2. The van der Waals surface area contributed by atoms with E-state index in [4.69, 9.17) is 10.5 Å². The van der Waals surface area contributed by atoms with Gasteiger partial charge in [-0.05, 0) is 20.9 Å². The van der Waals surface area contributed by atoms with Crippen molar-refractivity contribution in [3.8, 4) is 0 Å². The zero-order chi connectivity index (χ0) is 11.9. The third-order valence-corrected chi connectivity index (χ3v) is 2.04. The number of nitrogens with two attached hydrogens (primary N) is 1. The highest BCUT2D eigenvalue weighted by Crippen LogP contribution is 1.94. The largest absolute Gasteiger partial charge is 0.383 e. The van der Waals surface area contributed by atoms with Crippen molar-refractivity contribution in [2.75, 3.05) is 40.4 Å². The van der Waals surface area contributed by atoms with Crippen LogP contribution in [0.5, 0.6) is 0 Å². The maximum atomic E-state index is 11.4. The number of rotatable bonds is 7.